The van der Waals surface area contributed by atoms with Crippen molar-refractivity contribution in [3.8, 4) is 0 Å². The van der Waals surface area contributed by atoms with Gasteiger partial charge in [0.2, 0.25) is 0 Å². The number of carbonyl (C=O) groups excluding carboxylic acids is 2. The van der Waals surface area contributed by atoms with Crippen LogP contribution in [0.25, 0.3) is 0 Å². The Morgan fingerprint density at radius 1 is 0.952 bits per heavy atom. The molecule has 0 aliphatic carbocycles. The number of hydrogen-bond acceptors (Lipinski definition) is 4. The first-order chi connectivity index (χ1) is 10.2. The molecule has 0 saturated heterocycles. The second kappa shape index (κ2) is 8.10. The van der Waals surface area contributed by atoms with Gasteiger partial charge in [-0.05, 0) is 29.3 Å². The highest BCUT2D eigenvalue weighted by molar-refractivity contribution is 7.12. The minimum absolute atomic E-state index is 0.181. The van der Waals surface area contributed by atoms with Gasteiger partial charge in [-0.2, -0.15) is 0 Å². The topological polar surface area (TPSA) is 37.4 Å². The molecule has 0 aliphatic rings. The van der Waals surface area contributed by atoms with Crippen molar-refractivity contribution in [3.05, 3.63) is 44.8 Å². The van der Waals surface area contributed by atoms with Crippen molar-refractivity contribution in [1.29, 1.82) is 0 Å². The number of thiophene rings is 2. The van der Waals surface area contributed by atoms with E-state index < -0.39 is 0 Å². The molecule has 0 fully saturated rings. The summed E-state index contributed by atoms with van der Waals surface area (Å²) in [5, 5.41) is 3.72. The average molecular weight is 321 g/mol. The van der Waals surface area contributed by atoms with Gasteiger partial charge in [-0.3, -0.25) is 14.5 Å². The predicted octanol–water partition coefficient (Wildman–Crippen LogP) is 4.67. The Balaban J connectivity index is 2.10. The molecule has 0 saturated carbocycles. The molecule has 0 bridgehead atoms. The first-order valence-corrected chi connectivity index (χ1v) is 8.93. The molecule has 2 aromatic rings. The molecule has 0 radical (unpaired) electrons. The molecule has 0 spiro atoms. The van der Waals surface area contributed by atoms with E-state index in [0.717, 1.165) is 25.7 Å². The van der Waals surface area contributed by atoms with Crippen molar-refractivity contribution < 1.29 is 9.59 Å². The normalized spacial score (nSPS) is 10.5. The lowest BCUT2D eigenvalue weighted by Gasteiger charge is -2.19. The zero-order valence-electron chi connectivity index (χ0n) is 12.1. The largest absolute Gasteiger partial charge is 0.273 e. The smallest absolute Gasteiger partial charge is 0.270 e. The van der Waals surface area contributed by atoms with Gasteiger partial charge >= 0.3 is 0 Å². The molecule has 112 valence electrons. The Labute approximate surface area is 133 Å². The van der Waals surface area contributed by atoms with Crippen LogP contribution in [0.1, 0.15) is 52.0 Å². The maximum absolute atomic E-state index is 12.5. The number of amides is 2. The van der Waals surface area contributed by atoms with Gasteiger partial charge in [0.15, 0.2) is 0 Å². The van der Waals surface area contributed by atoms with Gasteiger partial charge in [-0.15, -0.1) is 22.7 Å². The minimum atomic E-state index is -0.181. The van der Waals surface area contributed by atoms with Crippen molar-refractivity contribution in [2.75, 3.05) is 6.54 Å². The third-order valence-corrected chi connectivity index (χ3v) is 4.91. The molecule has 2 amide bonds. The van der Waals surface area contributed by atoms with Crippen LogP contribution in [0.2, 0.25) is 0 Å². The third-order valence-electron chi connectivity index (χ3n) is 3.19. The minimum Gasteiger partial charge on any atom is -0.273 e. The molecule has 0 unspecified atom stereocenters. The van der Waals surface area contributed by atoms with Crippen molar-refractivity contribution in [1.82, 2.24) is 4.90 Å². The van der Waals surface area contributed by atoms with Crippen LogP contribution in [-0.2, 0) is 0 Å². The lowest BCUT2D eigenvalue weighted by atomic mass is 10.2. The lowest BCUT2D eigenvalue weighted by molar-refractivity contribution is 0.0619. The molecule has 5 heteroatoms. The first kappa shape index (κ1) is 15.9. The Kier molecular flexibility index (Phi) is 6.14. The SMILES string of the molecule is CCCCCCN(C(=O)c1cccs1)C(=O)c1cccs1. The summed E-state index contributed by atoms with van der Waals surface area (Å²) in [6.45, 7) is 2.64. The molecule has 21 heavy (non-hydrogen) atoms. The molecule has 0 N–H and O–H groups in total. The van der Waals surface area contributed by atoms with E-state index in [9.17, 15) is 9.59 Å². The molecular formula is C16H19NO2S2. The van der Waals surface area contributed by atoms with E-state index >= 15 is 0 Å². The van der Waals surface area contributed by atoms with Gasteiger partial charge in [0.25, 0.3) is 11.8 Å². The van der Waals surface area contributed by atoms with Crippen LogP contribution in [0.15, 0.2) is 35.0 Å². The zero-order valence-corrected chi connectivity index (χ0v) is 13.7. The molecule has 2 aromatic heterocycles. The summed E-state index contributed by atoms with van der Waals surface area (Å²) >= 11 is 2.76. The summed E-state index contributed by atoms with van der Waals surface area (Å²) in [7, 11) is 0. The van der Waals surface area contributed by atoms with Crippen molar-refractivity contribution in [2.45, 2.75) is 32.6 Å². The highest BCUT2D eigenvalue weighted by atomic mass is 32.1. The van der Waals surface area contributed by atoms with Crippen LogP contribution >= 0.6 is 22.7 Å². The Hall–Kier alpha value is -1.46. The number of carbonyl (C=O) groups is 2. The van der Waals surface area contributed by atoms with E-state index in [0.29, 0.717) is 16.3 Å². The third kappa shape index (κ3) is 4.25. The van der Waals surface area contributed by atoms with Crippen LogP contribution in [0.4, 0.5) is 0 Å². The quantitative estimate of drug-likeness (QED) is 0.549. The highest BCUT2D eigenvalue weighted by Crippen LogP contribution is 2.18. The van der Waals surface area contributed by atoms with E-state index in [1.807, 2.05) is 22.9 Å². The van der Waals surface area contributed by atoms with Crippen molar-refractivity contribution in [2.24, 2.45) is 0 Å². The summed E-state index contributed by atoms with van der Waals surface area (Å²) in [6, 6.07) is 7.22. The summed E-state index contributed by atoms with van der Waals surface area (Å²) in [5.74, 6) is -0.361. The molecule has 0 aliphatic heterocycles. The summed E-state index contributed by atoms with van der Waals surface area (Å²) in [6.07, 6.45) is 4.18. The van der Waals surface area contributed by atoms with Crippen LogP contribution in [-0.4, -0.2) is 23.3 Å². The van der Waals surface area contributed by atoms with E-state index in [1.54, 1.807) is 12.1 Å². The highest BCUT2D eigenvalue weighted by Gasteiger charge is 2.24. The van der Waals surface area contributed by atoms with Gasteiger partial charge in [-0.25, -0.2) is 0 Å². The molecular weight excluding hydrogens is 302 g/mol. The van der Waals surface area contributed by atoms with Gasteiger partial charge in [0.05, 0.1) is 9.75 Å². The number of rotatable bonds is 7. The summed E-state index contributed by atoms with van der Waals surface area (Å²) in [5.41, 5.74) is 0. The maximum atomic E-state index is 12.5. The van der Waals surface area contributed by atoms with Crippen LogP contribution in [0.5, 0.6) is 0 Å². The summed E-state index contributed by atoms with van der Waals surface area (Å²) in [4.78, 5) is 27.7. The second-order valence-corrected chi connectivity index (χ2v) is 6.67. The van der Waals surface area contributed by atoms with Crippen LogP contribution in [0.3, 0.4) is 0 Å². The molecule has 2 rings (SSSR count). The first-order valence-electron chi connectivity index (χ1n) is 7.17. The van der Waals surface area contributed by atoms with Crippen LogP contribution < -0.4 is 0 Å². The molecule has 0 aromatic carbocycles. The van der Waals surface area contributed by atoms with E-state index in [1.165, 1.54) is 27.6 Å². The van der Waals surface area contributed by atoms with Gasteiger partial charge in [0, 0.05) is 6.54 Å². The Bertz CT molecular complexity index is 515. The van der Waals surface area contributed by atoms with E-state index in [4.69, 9.17) is 0 Å². The fraction of sp³-hybridized carbons (Fsp3) is 0.375. The fourth-order valence-electron chi connectivity index (χ4n) is 2.06. The van der Waals surface area contributed by atoms with E-state index in [-0.39, 0.29) is 11.8 Å². The molecule has 0 atom stereocenters. The van der Waals surface area contributed by atoms with Crippen molar-refractivity contribution in [3.63, 3.8) is 0 Å². The molecule has 2 heterocycles. The number of unbranched alkanes of at least 4 members (excludes halogenated alkanes) is 3. The number of hydrogen-bond donors (Lipinski definition) is 0. The number of nitrogens with zero attached hydrogens (tertiary/aromatic N) is 1. The summed E-state index contributed by atoms with van der Waals surface area (Å²) < 4.78 is 0. The number of imide groups is 1. The second-order valence-electron chi connectivity index (χ2n) is 4.78. The van der Waals surface area contributed by atoms with Gasteiger partial charge in [0.1, 0.15) is 0 Å². The van der Waals surface area contributed by atoms with E-state index in [2.05, 4.69) is 6.92 Å². The zero-order chi connectivity index (χ0) is 15.1. The predicted molar refractivity (Wildman–Crippen MR) is 88.1 cm³/mol. The Morgan fingerprint density at radius 3 is 1.95 bits per heavy atom. The van der Waals surface area contributed by atoms with Crippen LogP contribution in [0, 0.1) is 0 Å². The lowest BCUT2D eigenvalue weighted by Crippen LogP contribution is -2.37. The standard InChI is InChI=1S/C16H19NO2S2/c1-2-3-4-5-10-17(15(18)13-8-6-11-20-13)16(19)14-9-7-12-21-14/h6-9,11-12H,2-5,10H2,1H3. The average Bonchev–Trinajstić information content (AvgIpc) is 3.19. The Morgan fingerprint density at radius 2 is 1.52 bits per heavy atom. The van der Waals surface area contributed by atoms with Gasteiger partial charge < -0.3 is 0 Å². The molecule has 3 nitrogen and oxygen atoms in total. The van der Waals surface area contributed by atoms with Crippen molar-refractivity contribution >= 4 is 34.5 Å². The van der Waals surface area contributed by atoms with Gasteiger partial charge in [-0.1, -0.05) is 38.3 Å². The maximum Gasteiger partial charge on any atom is 0.270 e. The fourth-order valence-corrected chi connectivity index (χ4v) is 3.40. The monoisotopic (exact) mass is 321 g/mol.